The molecular weight excluding hydrogens is 254 g/mol. The van der Waals surface area contributed by atoms with E-state index >= 15 is 0 Å². The van der Waals surface area contributed by atoms with Gasteiger partial charge in [0.05, 0.1) is 0 Å². The van der Waals surface area contributed by atoms with Crippen LogP contribution >= 0.6 is 0 Å². The smallest absolute Gasteiger partial charge is 0.870 e. The average Bonchev–Trinajstić information content (AvgIpc) is 0.811. The summed E-state index contributed by atoms with van der Waals surface area (Å²) >= 11 is 0. The molecule has 0 saturated carbocycles. The third-order valence-electron chi connectivity index (χ3n) is 0. The second kappa shape index (κ2) is 15.7. The molecule has 5 heteroatoms. The summed E-state index contributed by atoms with van der Waals surface area (Å²) in [7, 11) is 0. The molecule has 0 atom stereocenters. The molecule has 0 aromatic rings. The first-order valence-corrected chi connectivity index (χ1v) is 0.908. The molecule has 0 saturated heterocycles. The molecule has 0 unspecified atom stereocenters. The van der Waals surface area contributed by atoms with Gasteiger partial charge < -0.3 is 15.4 Å². The molecule has 0 bridgehead atoms. The monoisotopic (exact) mass is 256 g/mol. The fraction of sp³-hybridized carbons (Fsp3) is 0.500. The van der Waals surface area contributed by atoms with Crippen molar-refractivity contribution in [1.29, 1.82) is 0 Å². The second-order valence-electron chi connectivity index (χ2n) is 0.492. The van der Waals surface area contributed by atoms with E-state index in [1.54, 1.807) is 0 Å². The van der Waals surface area contributed by atoms with Crippen LogP contribution in [0.5, 0.6) is 0 Å². The summed E-state index contributed by atoms with van der Waals surface area (Å²) in [6.07, 6.45) is 0. The summed E-state index contributed by atoms with van der Waals surface area (Å²) in [5.74, 6) is -1.08. The Morgan fingerprint density at radius 3 is 1.43 bits per heavy atom. The van der Waals surface area contributed by atoms with Gasteiger partial charge in [0, 0.05) is 5.97 Å². The van der Waals surface area contributed by atoms with Crippen molar-refractivity contribution >= 4 is 5.97 Å². The predicted molar refractivity (Wildman–Crippen MR) is 12.6 cm³/mol. The summed E-state index contributed by atoms with van der Waals surface area (Å²) < 4.78 is 0. The molecule has 3 nitrogen and oxygen atoms in total. The van der Waals surface area contributed by atoms with Gasteiger partial charge in [0.1, 0.15) is 0 Å². The van der Waals surface area contributed by atoms with Crippen LogP contribution in [0, 0.1) is 0 Å². The first kappa shape index (κ1) is 24.1. The second-order valence-corrected chi connectivity index (χ2v) is 0.492. The zero-order chi connectivity index (χ0) is 3.58. The van der Waals surface area contributed by atoms with Crippen molar-refractivity contribution < 1.29 is 67.8 Å². The fourth-order valence-corrected chi connectivity index (χ4v) is 0. The Bertz CT molecular complexity index is 33.9. The van der Waals surface area contributed by atoms with Gasteiger partial charge in [-0.3, -0.25) is 0 Å². The van der Waals surface area contributed by atoms with Crippen LogP contribution in [0.15, 0.2) is 0 Å². The van der Waals surface area contributed by atoms with Gasteiger partial charge in [0.2, 0.25) is 0 Å². The van der Waals surface area contributed by atoms with Gasteiger partial charge >= 0.3 is 52.4 Å². The Hall–Kier alpha value is 1.20. The number of hydrogen-bond donors (Lipinski definition) is 0. The van der Waals surface area contributed by atoms with Crippen molar-refractivity contribution in [3.8, 4) is 0 Å². The Morgan fingerprint density at radius 1 is 1.43 bits per heavy atom. The minimum absolute atomic E-state index is 0. The molecule has 0 aliphatic heterocycles. The SMILES string of the molecule is CC(=O)[O-].[OH-].[Zr+4].[Zr+4]. The quantitative estimate of drug-likeness (QED) is 0.535. The molecule has 0 aliphatic carbocycles. The Kier molecular flexibility index (Phi) is 54.0. The van der Waals surface area contributed by atoms with E-state index in [1.165, 1.54) is 0 Å². The van der Waals surface area contributed by atoms with Crippen LogP contribution in [0.25, 0.3) is 0 Å². The molecule has 0 aromatic carbocycles. The van der Waals surface area contributed by atoms with Gasteiger partial charge in [-0.05, 0) is 6.92 Å². The normalized spacial score (nSPS) is 3.57. The van der Waals surface area contributed by atoms with Crippen molar-refractivity contribution in [3.05, 3.63) is 0 Å². The molecule has 7 heavy (non-hydrogen) atoms. The molecule has 0 rings (SSSR count). The van der Waals surface area contributed by atoms with E-state index in [0.29, 0.717) is 0 Å². The van der Waals surface area contributed by atoms with E-state index in [9.17, 15) is 0 Å². The number of carboxylic acids is 1. The maximum absolute atomic E-state index is 8.89. The Balaban J connectivity index is -0.0000000150. The third kappa shape index (κ3) is 136. The van der Waals surface area contributed by atoms with Crippen LogP contribution in [0.2, 0.25) is 0 Å². The van der Waals surface area contributed by atoms with E-state index in [1.807, 2.05) is 0 Å². The van der Waals surface area contributed by atoms with Crippen molar-refractivity contribution in [2.24, 2.45) is 0 Å². The van der Waals surface area contributed by atoms with Gasteiger partial charge in [-0.15, -0.1) is 0 Å². The molecule has 32 valence electrons. The number of carbonyl (C=O) groups excluding carboxylic acids is 1. The number of carboxylic acid groups (broad SMARTS) is 1. The largest absolute Gasteiger partial charge is 4.00 e. The summed E-state index contributed by atoms with van der Waals surface area (Å²) in [6, 6.07) is 0. The van der Waals surface area contributed by atoms with E-state index < -0.39 is 5.97 Å². The fourth-order valence-electron chi connectivity index (χ4n) is 0. The van der Waals surface area contributed by atoms with Crippen molar-refractivity contribution in [1.82, 2.24) is 0 Å². The van der Waals surface area contributed by atoms with Crippen LogP contribution in [-0.4, -0.2) is 11.4 Å². The molecule has 0 aromatic heterocycles. The van der Waals surface area contributed by atoms with Gasteiger partial charge in [0.15, 0.2) is 0 Å². The summed E-state index contributed by atoms with van der Waals surface area (Å²) in [5, 5.41) is 8.89. The predicted octanol–water partition coefficient (Wildman–Crippen LogP) is -1.43. The first-order chi connectivity index (χ1) is 1.73. The third-order valence-corrected chi connectivity index (χ3v) is 0. The van der Waals surface area contributed by atoms with Gasteiger partial charge in [-0.1, -0.05) is 0 Å². The van der Waals surface area contributed by atoms with E-state index in [-0.39, 0.29) is 57.9 Å². The standard InChI is InChI=1S/C2H4O2.H2O.2Zr/c1-2(3)4;;;/h1H3,(H,3,4);1H2;;/q;;2*+4/p-2. The number of aliphatic carboxylic acids is 1. The molecule has 0 aliphatic rings. The topological polar surface area (TPSA) is 70.1 Å². The minimum atomic E-state index is -1.08. The van der Waals surface area contributed by atoms with E-state index in [0.717, 1.165) is 6.92 Å². The number of rotatable bonds is 0. The van der Waals surface area contributed by atoms with Gasteiger partial charge in [-0.25, -0.2) is 0 Å². The van der Waals surface area contributed by atoms with Crippen LogP contribution in [0.4, 0.5) is 0 Å². The number of carbonyl (C=O) groups is 1. The van der Waals surface area contributed by atoms with Crippen molar-refractivity contribution in [2.75, 3.05) is 0 Å². The summed E-state index contributed by atoms with van der Waals surface area (Å²) in [4.78, 5) is 8.89. The van der Waals surface area contributed by atoms with Crippen molar-refractivity contribution in [3.63, 3.8) is 0 Å². The molecule has 0 amide bonds. The van der Waals surface area contributed by atoms with Crippen LogP contribution in [0.1, 0.15) is 6.92 Å². The van der Waals surface area contributed by atoms with Crippen LogP contribution in [-0.2, 0) is 57.2 Å². The van der Waals surface area contributed by atoms with E-state index in [2.05, 4.69) is 0 Å². The van der Waals surface area contributed by atoms with Crippen LogP contribution in [0.3, 0.4) is 0 Å². The van der Waals surface area contributed by atoms with Crippen LogP contribution < -0.4 is 5.11 Å². The van der Waals surface area contributed by atoms with E-state index in [4.69, 9.17) is 9.90 Å². The maximum atomic E-state index is 8.89. The maximum Gasteiger partial charge on any atom is 4.00 e. The molecule has 0 radical (unpaired) electrons. The molecule has 0 spiro atoms. The van der Waals surface area contributed by atoms with Crippen molar-refractivity contribution in [2.45, 2.75) is 6.92 Å². The summed E-state index contributed by atoms with van der Waals surface area (Å²) in [6.45, 7) is 0.972. The molecule has 0 fully saturated rings. The zero-order valence-corrected chi connectivity index (χ0v) is 8.68. The first-order valence-electron chi connectivity index (χ1n) is 0.908. The molecule has 0 heterocycles. The molecule has 1 N–H and O–H groups in total. The van der Waals surface area contributed by atoms with Gasteiger partial charge in [0.25, 0.3) is 0 Å². The minimum Gasteiger partial charge on any atom is -0.870 e. The summed E-state index contributed by atoms with van der Waals surface area (Å²) in [5.41, 5.74) is 0. The van der Waals surface area contributed by atoms with Gasteiger partial charge in [-0.2, -0.15) is 0 Å². The average molecular weight is 258 g/mol. The molecular formula is C2H4O3Zr2+6. The Morgan fingerprint density at radius 2 is 1.43 bits per heavy atom. The number of hydrogen-bond acceptors (Lipinski definition) is 3. The zero-order valence-electron chi connectivity index (χ0n) is 3.76. The Labute approximate surface area is 80.0 Å².